The van der Waals surface area contributed by atoms with Crippen LogP contribution in [0.5, 0.6) is 0 Å². The third-order valence-electron chi connectivity index (χ3n) is 3.26. The summed E-state index contributed by atoms with van der Waals surface area (Å²) in [5, 5.41) is 13.0. The minimum atomic E-state index is -0.813. The van der Waals surface area contributed by atoms with Crippen molar-refractivity contribution in [2.24, 2.45) is 0 Å². The lowest BCUT2D eigenvalue weighted by atomic mass is 10.00. The maximum Gasteiger partial charge on any atom is 0.310 e. The highest BCUT2D eigenvalue weighted by atomic mass is 127. The van der Waals surface area contributed by atoms with Gasteiger partial charge in [0.25, 0.3) is 0 Å². The number of anilines is 1. The summed E-state index contributed by atoms with van der Waals surface area (Å²) < 4.78 is 1.09. The number of hydrogen-bond donors (Lipinski definition) is 2. The van der Waals surface area contributed by atoms with Crippen LogP contribution in [-0.2, 0) is 11.3 Å². The fourth-order valence-electron chi connectivity index (χ4n) is 1.90. The Hall–Kier alpha value is -1.27. The molecule has 0 spiro atoms. The molecular formula is C16H15ClINO2. The first-order valence-electron chi connectivity index (χ1n) is 6.48. The third kappa shape index (κ3) is 4.35. The molecule has 2 aromatic carbocycles. The molecule has 0 fully saturated rings. The molecule has 110 valence electrons. The Balaban J connectivity index is 2.02. The van der Waals surface area contributed by atoms with E-state index in [1.807, 2.05) is 42.5 Å². The summed E-state index contributed by atoms with van der Waals surface area (Å²) >= 11 is 8.38. The Bertz CT molecular complexity index is 643. The molecule has 0 aliphatic heterocycles. The zero-order valence-electron chi connectivity index (χ0n) is 11.4. The maximum absolute atomic E-state index is 10.9. The van der Waals surface area contributed by atoms with Crippen molar-refractivity contribution in [2.45, 2.75) is 19.4 Å². The van der Waals surface area contributed by atoms with Crippen LogP contribution >= 0.6 is 34.2 Å². The minimum Gasteiger partial charge on any atom is -0.481 e. The van der Waals surface area contributed by atoms with Crippen molar-refractivity contribution in [3.8, 4) is 0 Å². The van der Waals surface area contributed by atoms with Crippen LogP contribution in [0.1, 0.15) is 24.0 Å². The number of carboxylic acid groups (broad SMARTS) is 1. The van der Waals surface area contributed by atoms with E-state index >= 15 is 0 Å². The van der Waals surface area contributed by atoms with Gasteiger partial charge in [-0.2, -0.15) is 0 Å². The van der Waals surface area contributed by atoms with Crippen LogP contribution in [0.4, 0.5) is 5.69 Å². The van der Waals surface area contributed by atoms with Gasteiger partial charge in [0.15, 0.2) is 0 Å². The van der Waals surface area contributed by atoms with Gasteiger partial charge in [0.1, 0.15) is 0 Å². The summed E-state index contributed by atoms with van der Waals surface area (Å²) in [5.41, 5.74) is 2.77. The van der Waals surface area contributed by atoms with Crippen molar-refractivity contribution < 1.29 is 9.90 Å². The van der Waals surface area contributed by atoms with Gasteiger partial charge in [-0.05, 0) is 58.8 Å². The van der Waals surface area contributed by atoms with Crippen molar-refractivity contribution in [2.75, 3.05) is 5.32 Å². The minimum absolute atomic E-state index is 0.488. The first-order chi connectivity index (χ1) is 9.97. The molecule has 2 rings (SSSR count). The smallest absolute Gasteiger partial charge is 0.310 e. The average Bonchev–Trinajstić information content (AvgIpc) is 2.46. The second-order valence-corrected chi connectivity index (χ2v) is 6.43. The van der Waals surface area contributed by atoms with Crippen molar-refractivity contribution in [3.05, 3.63) is 62.2 Å². The molecule has 0 aliphatic rings. The monoisotopic (exact) mass is 415 g/mol. The van der Waals surface area contributed by atoms with Crippen LogP contribution in [0.2, 0.25) is 5.02 Å². The molecule has 0 saturated heterocycles. The van der Waals surface area contributed by atoms with E-state index in [4.69, 9.17) is 16.7 Å². The lowest BCUT2D eigenvalue weighted by molar-refractivity contribution is -0.138. The van der Waals surface area contributed by atoms with Crippen molar-refractivity contribution in [3.63, 3.8) is 0 Å². The molecule has 0 radical (unpaired) electrons. The van der Waals surface area contributed by atoms with Gasteiger partial charge in [-0.15, -0.1) is 0 Å². The summed E-state index contributed by atoms with van der Waals surface area (Å²) in [4.78, 5) is 10.9. The van der Waals surface area contributed by atoms with Crippen LogP contribution in [0.3, 0.4) is 0 Å². The quantitative estimate of drug-likeness (QED) is 0.693. The van der Waals surface area contributed by atoms with E-state index in [9.17, 15) is 4.79 Å². The van der Waals surface area contributed by atoms with E-state index in [0.717, 1.165) is 20.4 Å². The molecule has 2 N–H and O–H groups in total. The Morgan fingerprint density at radius 3 is 2.52 bits per heavy atom. The zero-order valence-corrected chi connectivity index (χ0v) is 14.4. The summed E-state index contributed by atoms with van der Waals surface area (Å²) in [6.45, 7) is 2.32. The first kappa shape index (κ1) is 16.1. The number of hydrogen-bond acceptors (Lipinski definition) is 2. The highest BCUT2D eigenvalue weighted by Gasteiger charge is 2.12. The highest BCUT2D eigenvalue weighted by molar-refractivity contribution is 14.1. The number of benzene rings is 2. The molecule has 1 unspecified atom stereocenters. The third-order valence-corrected chi connectivity index (χ3v) is 4.25. The molecule has 3 nitrogen and oxygen atoms in total. The van der Waals surface area contributed by atoms with E-state index in [1.54, 1.807) is 6.92 Å². The van der Waals surface area contributed by atoms with Crippen LogP contribution < -0.4 is 5.32 Å². The summed E-state index contributed by atoms with van der Waals surface area (Å²) in [7, 11) is 0. The van der Waals surface area contributed by atoms with Gasteiger partial charge in [-0.25, -0.2) is 0 Å². The number of halogens is 2. The van der Waals surface area contributed by atoms with Gasteiger partial charge >= 0.3 is 5.97 Å². The molecule has 0 aromatic heterocycles. The molecule has 0 saturated carbocycles. The summed E-state index contributed by atoms with van der Waals surface area (Å²) in [6.07, 6.45) is 0. The lowest BCUT2D eigenvalue weighted by Gasteiger charge is -2.10. The molecular weight excluding hydrogens is 401 g/mol. The molecule has 0 bridgehead atoms. The Morgan fingerprint density at radius 2 is 1.95 bits per heavy atom. The van der Waals surface area contributed by atoms with E-state index in [2.05, 4.69) is 27.9 Å². The van der Waals surface area contributed by atoms with E-state index in [1.165, 1.54) is 0 Å². The second kappa shape index (κ2) is 7.13. The molecule has 21 heavy (non-hydrogen) atoms. The summed E-state index contributed by atoms with van der Waals surface area (Å²) in [5.74, 6) is -1.30. The molecule has 2 aromatic rings. The fourth-order valence-corrected chi connectivity index (χ4v) is 2.82. The molecule has 0 aliphatic carbocycles. The molecule has 0 amide bonds. The number of aliphatic carboxylic acids is 1. The van der Waals surface area contributed by atoms with Gasteiger partial charge in [0.2, 0.25) is 0 Å². The Labute approximate surface area is 142 Å². The predicted molar refractivity (Wildman–Crippen MR) is 94.0 cm³/mol. The number of nitrogens with one attached hydrogen (secondary N) is 1. The van der Waals surface area contributed by atoms with Crippen molar-refractivity contribution >= 4 is 45.8 Å². The largest absolute Gasteiger partial charge is 0.481 e. The van der Waals surface area contributed by atoms with Crippen LogP contribution in [0.15, 0.2) is 42.5 Å². The SMILES string of the molecule is CC(C(=O)O)c1ccc(CNc2ccc(I)cc2Cl)cc1. The van der Waals surface area contributed by atoms with Crippen molar-refractivity contribution in [1.29, 1.82) is 0 Å². The fraction of sp³-hybridized carbons (Fsp3) is 0.188. The van der Waals surface area contributed by atoms with Crippen LogP contribution in [-0.4, -0.2) is 11.1 Å². The molecule has 1 atom stereocenters. The number of rotatable bonds is 5. The van der Waals surface area contributed by atoms with Gasteiger partial charge in [0, 0.05) is 10.1 Å². The Morgan fingerprint density at radius 1 is 1.29 bits per heavy atom. The predicted octanol–water partition coefficient (Wildman–Crippen LogP) is 4.74. The van der Waals surface area contributed by atoms with Crippen LogP contribution in [0.25, 0.3) is 0 Å². The standard InChI is InChI=1S/C16H15ClINO2/c1-10(16(20)21)12-4-2-11(3-5-12)9-19-15-7-6-13(18)8-14(15)17/h2-8,10,19H,9H2,1H3,(H,20,21). The van der Waals surface area contributed by atoms with Gasteiger partial charge in [-0.1, -0.05) is 35.9 Å². The van der Waals surface area contributed by atoms with E-state index < -0.39 is 11.9 Å². The summed E-state index contributed by atoms with van der Waals surface area (Å²) in [6, 6.07) is 13.4. The Kier molecular flexibility index (Phi) is 5.47. The van der Waals surface area contributed by atoms with Crippen LogP contribution in [0, 0.1) is 3.57 Å². The highest BCUT2D eigenvalue weighted by Crippen LogP contribution is 2.24. The lowest BCUT2D eigenvalue weighted by Crippen LogP contribution is -2.07. The maximum atomic E-state index is 10.9. The van der Waals surface area contributed by atoms with E-state index in [-0.39, 0.29) is 0 Å². The topological polar surface area (TPSA) is 49.3 Å². The average molecular weight is 416 g/mol. The molecule has 5 heteroatoms. The zero-order chi connectivity index (χ0) is 15.4. The first-order valence-corrected chi connectivity index (χ1v) is 7.93. The van der Waals surface area contributed by atoms with Gasteiger partial charge in [0.05, 0.1) is 16.6 Å². The van der Waals surface area contributed by atoms with Gasteiger partial charge in [-0.3, -0.25) is 4.79 Å². The van der Waals surface area contributed by atoms with E-state index in [0.29, 0.717) is 11.6 Å². The second-order valence-electron chi connectivity index (χ2n) is 4.78. The normalized spacial score (nSPS) is 12.0. The number of carboxylic acids is 1. The molecule has 0 heterocycles. The number of carbonyl (C=O) groups is 1. The van der Waals surface area contributed by atoms with Gasteiger partial charge < -0.3 is 10.4 Å². The van der Waals surface area contributed by atoms with Crippen molar-refractivity contribution in [1.82, 2.24) is 0 Å².